The molecule has 0 amide bonds. The second kappa shape index (κ2) is 12.8. The van der Waals surface area contributed by atoms with Gasteiger partial charge in [-0.25, -0.2) is 8.78 Å². The first-order valence-corrected chi connectivity index (χ1v) is 18.3. The van der Waals surface area contributed by atoms with E-state index in [4.69, 9.17) is 9.47 Å². The van der Waals surface area contributed by atoms with Gasteiger partial charge >= 0.3 is 0 Å². The van der Waals surface area contributed by atoms with Crippen LogP contribution in [0.2, 0.25) is 0 Å². The van der Waals surface area contributed by atoms with Crippen molar-refractivity contribution in [2.24, 2.45) is 33.5 Å². The van der Waals surface area contributed by atoms with Gasteiger partial charge in [0.25, 0.3) is 0 Å². The van der Waals surface area contributed by atoms with Crippen molar-refractivity contribution >= 4 is 5.78 Å². The van der Waals surface area contributed by atoms with E-state index in [2.05, 4.69) is 32.1 Å². The van der Waals surface area contributed by atoms with Gasteiger partial charge in [0.1, 0.15) is 11.5 Å². The van der Waals surface area contributed by atoms with E-state index >= 15 is 0 Å². The van der Waals surface area contributed by atoms with Crippen molar-refractivity contribution in [3.63, 3.8) is 0 Å². The predicted molar refractivity (Wildman–Crippen MR) is 187 cm³/mol. The summed E-state index contributed by atoms with van der Waals surface area (Å²) in [5.74, 6) is -1.32. The van der Waals surface area contributed by atoms with Crippen molar-refractivity contribution in [2.75, 3.05) is 33.9 Å². The molecule has 6 aliphatic carbocycles. The first-order valence-electron chi connectivity index (χ1n) is 18.3. The average molecular weight is 708 g/mol. The van der Waals surface area contributed by atoms with Crippen molar-refractivity contribution in [3.8, 4) is 11.5 Å². The minimum absolute atomic E-state index is 0.0352. The van der Waals surface area contributed by atoms with Crippen LogP contribution in [0.5, 0.6) is 11.5 Å². The predicted octanol–water partition coefficient (Wildman–Crippen LogP) is 5.61. The maximum absolute atomic E-state index is 14.7. The number of hydrogen-bond acceptors (Lipinski definition) is 8. The lowest BCUT2D eigenvalue weighted by Gasteiger charge is -2.71. The third-order valence-corrected chi connectivity index (χ3v) is 14.2. The molecule has 0 heterocycles. The van der Waals surface area contributed by atoms with E-state index in [1.54, 1.807) is 20.3 Å². The molecule has 2 aromatic carbocycles. The Hall–Kier alpha value is -3.15. The van der Waals surface area contributed by atoms with E-state index in [-0.39, 0.29) is 41.7 Å². The quantitative estimate of drug-likeness (QED) is 0.176. The second-order valence-electron chi connectivity index (χ2n) is 16.5. The van der Waals surface area contributed by atoms with Crippen LogP contribution in [0.4, 0.5) is 8.78 Å². The van der Waals surface area contributed by atoms with Crippen molar-refractivity contribution in [1.82, 2.24) is 4.90 Å². The number of ketones is 1. The van der Waals surface area contributed by atoms with Gasteiger partial charge in [-0.1, -0.05) is 38.1 Å². The van der Waals surface area contributed by atoms with Gasteiger partial charge in [0.05, 0.1) is 38.6 Å². The number of aliphatic hydroxyl groups excluding tert-OH is 3. The monoisotopic (exact) mass is 707 g/mol. The summed E-state index contributed by atoms with van der Waals surface area (Å²) >= 11 is 0. The zero-order valence-electron chi connectivity index (χ0n) is 30.0. The lowest BCUT2D eigenvalue weighted by molar-refractivity contribution is -0.177. The Balaban J connectivity index is 1.29. The van der Waals surface area contributed by atoms with E-state index in [0.717, 1.165) is 30.5 Å². The number of hydrogen-bond donors (Lipinski definition) is 4. The van der Waals surface area contributed by atoms with Crippen LogP contribution >= 0.6 is 0 Å². The zero-order valence-corrected chi connectivity index (χ0v) is 30.0. The highest BCUT2D eigenvalue weighted by Gasteiger charge is 2.74. The van der Waals surface area contributed by atoms with E-state index in [1.165, 1.54) is 6.07 Å². The molecular weight excluding hydrogens is 656 g/mol. The highest BCUT2D eigenvalue weighted by molar-refractivity contribution is 6.10. The molecule has 0 saturated heterocycles. The summed E-state index contributed by atoms with van der Waals surface area (Å²) in [6.07, 6.45) is 9.38. The first-order chi connectivity index (χ1) is 24.2. The maximum atomic E-state index is 14.7. The molecule has 6 aliphatic rings. The Morgan fingerprint density at radius 1 is 0.961 bits per heavy atom. The minimum atomic E-state index is -1.23. The van der Waals surface area contributed by atoms with Gasteiger partial charge in [-0.05, 0) is 86.5 Å². The summed E-state index contributed by atoms with van der Waals surface area (Å²) in [5.41, 5.74) is -2.00. The molecule has 0 aromatic heterocycles. The van der Waals surface area contributed by atoms with Crippen molar-refractivity contribution in [2.45, 2.75) is 83.1 Å². The highest BCUT2D eigenvalue weighted by atomic mass is 19.2. The number of Topliss-reactive ketones (excluding diaryl/α,β-unsaturated/α-hetero) is 1. The summed E-state index contributed by atoms with van der Waals surface area (Å²) in [7, 11) is 3.16. The molecule has 9 unspecified atom stereocenters. The third-order valence-electron chi connectivity index (χ3n) is 14.2. The molecule has 8 rings (SSSR count). The van der Waals surface area contributed by atoms with E-state index in [1.807, 2.05) is 17.0 Å². The van der Waals surface area contributed by atoms with Crippen LogP contribution in [0.1, 0.15) is 74.7 Å². The van der Waals surface area contributed by atoms with Gasteiger partial charge in [0, 0.05) is 58.6 Å². The lowest BCUT2D eigenvalue weighted by Crippen LogP contribution is -2.67. The number of carbonyl (C=O) groups is 1. The number of aliphatic hydroxyl groups is 4. The standard InChI is InChI=1S/C41H51F2NO7/c1-37-12-9-27(46)19-39(37)15-16-41(30(20-39)36(48)25-6-8-31(42)32(43)17-25)34(37)10-13-38(2)35(41)11-14-40(38,49)24-44(22-28(47)23-45)21-26-5-7-29(50-3)18-33(26)51-4/h5-8,15-18,20,27-28,34-35,45-47,49H,9-14,19,21-24H2,1-4H3. The van der Waals surface area contributed by atoms with Crippen molar-refractivity contribution < 1.29 is 43.5 Å². The van der Waals surface area contributed by atoms with Crippen LogP contribution in [0.25, 0.3) is 0 Å². The smallest absolute Gasteiger partial charge is 0.189 e. The van der Waals surface area contributed by atoms with E-state index < -0.39 is 52.3 Å². The molecule has 0 radical (unpaired) electrons. The number of carbonyl (C=O) groups excluding carboxylic acids is 1. The number of ether oxygens (including phenoxy) is 2. The Morgan fingerprint density at radius 3 is 2.39 bits per heavy atom. The average Bonchev–Trinajstić information content (AvgIpc) is 3.38. The summed E-state index contributed by atoms with van der Waals surface area (Å²) in [6, 6.07) is 8.84. The van der Waals surface area contributed by atoms with Gasteiger partial charge in [0.15, 0.2) is 17.4 Å². The molecule has 51 heavy (non-hydrogen) atoms. The number of benzene rings is 2. The highest BCUT2D eigenvalue weighted by Crippen LogP contribution is 2.78. The van der Waals surface area contributed by atoms with Crippen LogP contribution < -0.4 is 9.47 Å². The van der Waals surface area contributed by atoms with Gasteiger partial charge in [-0.15, -0.1) is 0 Å². The van der Waals surface area contributed by atoms with Gasteiger partial charge in [-0.3, -0.25) is 9.69 Å². The fourth-order valence-corrected chi connectivity index (χ4v) is 11.5. The molecule has 4 N–H and O–H groups in total. The maximum Gasteiger partial charge on any atom is 0.189 e. The fraction of sp³-hybridized carbons (Fsp3) is 0.585. The number of methoxy groups -OCH3 is 2. The number of allylic oxidation sites excluding steroid dienone is 4. The first kappa shape index (κ1) is 36.2. The molecule has 0 aliphatic heterocycles. The van der Waals surface area contributed by atoms with Crippen molar-refractivity contribution in [1.29, 1.82) is 0 Å². The molecule has 9 atom stereocenters. The summed E-state index contributed by atoms with van der Waals surface area (Å²) < 4.78 is 39.7. The minimum Gasteiger partial charge on any atom is -0.497 e. The number of rotatable bonds is 11. The van der Waals surface area contributed by atoms with Crippen molar-refractivity contribution in [3.05, 3.63) is 83.0 Å². The Kier molecular flexibility index (Phi) is 9.06. The summed E-state index contributed by atoms with van der Waals surface area (Å²) in [5, 5.41) is 44.4. The SMILES string of the molecule is COc1ccc(CN(CC(O)CO)CC2(O)CCC3C45C=CC6(C=C4C(=O)c4ccc(F)c(F)c4)CC(O)CCC6(C)C5CCC32C)c(OC)c1. The topological polar surface area (TPSA) is 120 Å². The summed E-state index contributed by atoms with van der Waals surface area (Å²) in [4.78, 5) is 16.6. The van der Waals surface area contributed by atoms with Crippen LogP contribution in [0.3, 0.4) is 0 Å². The second-order valence-corrected chi connectivity index (χ2v) is 16.5. The van der Waals surface area contributed by atoms with Gasteiger partial charge < -0.3 is 29.9 Å². The molecule has 2 aromatic rings. The van der Waals surface area contributed by atoms with Crippen LogP contribution in [-0.2, 0) is 6.54 Å². The van der Waals surface area contributed by atoms with Crippen LogP contribution in [0, 0.1) is 45.1 Å². The molecule has 8 nitrogen and oxygen atoms in total. The molecule has 276 valence electrons. The lowest BCUT2D eigenvalue weighted by atomic mass is 9.32. The molecule has 10 heteroatoms. The molecular formula is C41H51F2NO7. The third kappa shape index (κ3) is 5.34. The number of nitrogens with zero attached hydrogens (tertiary/aromatic N) is 1. The summed E-state index contributed by atoms with van der Waals surface area (Å²) in [6.45, 7) is 4.65. The zero-order chi connectivity index (χ0) is 36.6. The van der Waals surface area contributed by atoms with Gasteiger partial charge in [-0.2, -0.15) is 0 Å². The van der Waals surface area contributed by atoms with Crippen LogP contribution in [-0.4, -0.2) is 82.8 Å². The van der Waals surface area contributed by atoms with E-state index in [9.17, 15) is 34.0 Å². The van der Waals surface area contributed by atoms with E-state index in [0.29, 0.717) is 55.7 Å². The van der Waals surface area contributed by atoms with Gasteiger partial charge in [0.2, 0.25) is 0 Å². The Bertz CT molecular complexity index is 1760. The fourth-order valence-electron chi connectivity index (χ4n) is 11.5. The Morgan fingerprint density at radius 2 is 1.69 bits per heavy atom. The van der Waals surface area contributed by atoms with Crippen LogP contribution in [0.15, 0.2) is 60.2 Å². The molecule has 3 saturated carbocycles. The normalized spacial score (nSPS) is 37.0. The molecule has 2 bridgehead atoms. The largest absolute Gasteiger partial charge is 0.497 e. The number of fused-ring (bicyclic) bond motifs is 1. The number of halogens is 2. The Labute approximate surface area is 298 Å². The molecule has 3 fully saturated rings. The molecule has 2 spiro atoms.